The molecule has 0 aromatic heterocycles. The molecule has 0 atom stereocenters. The average Bonchev–Trinajstić information content (AvgIpc) is 2.93. The minimum Gasteiger partial charge on any atom is -0.452 e. The van der Waals surface area contributed by atoms with Gasteiger partial charge in [0.25, 0.3) is 5.91 Å². The van der Waals surface area contributed by atoms with E-state index in [9.17, 15) is 9.59 Å². The Kier molecular flexibility index (Phi) is 4.73. The second-order valence-corrected chi connectivity index (χ2v) is 5.31. The second-order valence-electron chi connectivity index (χ2n) is 4.53. The monoisotopic (exact) mass is 316 g/mol. The van der Waals surface area contributed by atoms with Gasteiger partial charge in [0, 0.05) is 18.8 Å². The number of nitrogens with two attached hydrogens (primary N) is 1. The smallest absolute Gasteiger partial charge is 0.340 e. The molecule has 0 unspecified atom stereocenters. The van der Waals surface area contributed by atoms with Gasteiger partial charge in [-0.2, -0.15) is 0 Å². The Morgan fingerprint density at radius 1 is 1.25 bits per heavy atom. The summed E-state index contributed by atoms with van der Waals surface area (Å²) in [6, 6.07) is 2.81. The Labute approximate surface area is 126 Å². The van der Waals surface area contributed by atoms with Crippen LogP contribution in [0.25, 0.3) is 0 Å². The molecule has 1 saturated heterocycles. The highest BCUT2D eigenvalue weighted by Crippen LogP contribution is 2.29. The Balaban J connectivity index is 2.00. The van der Waals surface area contributed by atoms with Gasteiger partial charge in [0.1, 0.15) is 0 Å². The fourth-order valence-electron chi connectivity index (χ4n) is 2.02. The van der Waals surface area contributed by atoms with Gasteiger partial charge in [-0.15, -0.1) is 0 Å². The zero-order valence-electron chi connectivity index (χ0n) is 10.7. The molecular weight excluding hydrogens is 303 g/mol. The van der Waals surface area contributed by atoms with Crippen LogP contribution in [-0.2, 0) is 9.53 Å². The Hall–Kier alpha value is -1.46. The average molecular weight is 317 g/mol. The van der Waals surface area contributed by atoms with Crippen molar-refractivity contribution in [3.05, 3.63) is 27.7 Å². The molecule has 2 N–H and O–H groups in total. The minimum absolute atomic E-state index is 0.0610. The summed E-state index contributed by atoms with van der Waals surface area (Å²) in [5.74, 6) is -0.918. The normalized spacial score (nSPS) is 14.4. The lowest BCUT2D eigenvalue weighted by Crippen LogP contribution is -2.32. The molecule has 5 nitrogen and oxygen atoms in total. The Bertz CT molecular complexity index is 543. The van der Waals surface area contributed by atoms with Crippen molar-refractivity contribution < 1.29 is 14.3 Å². The summed E-state index contributed by atoms with van der Waals surface area (Å²) in [5, 5.41) is 0.240. The molecule has 0 bridgehead atoms. The minimum atomic E-state index is -0.711. The number of benzene rings is 1. The van der Waals surface area contributed by atoms with Gasteiger partial charge >= 0.3 is 5.97 Å². The fourth-order valence-corrected chi connectivity index (χ4v) is 2.44. The number of nitrogen functional groups attached to an aromatic ring is 1. The number of esters is 1. The molecule has 0 spiro atoms. The Morgan fingerprint density at radius 3 is 2.55 bits per heavy atom. The number of likely N-dealkylation sites (tertiary alicyclic amines) is 1. The molecule has 1 aliphatic heterocycles. The number of carbonyl (C=O) groups excluding carboxylic acids is 2. The number of nitrogens with zero attached hydrogens (tertiary/aromatic N) is 1. The molecule has 1 amide bonds. The van der Waals surface area contributed by atoms with Crippen LogP contribution in [0.1, 0.15) is 23.2 Å². The number of amides is 1. The third kappa shape index (κ3) is 3.35. The van der Waals surface area contributed by atoms with Crippen molar-refractivity contribution >= 4 is 40.8 Å². The van der Waals surface area contributed by atoms with Crippen LogP contribution >= 0.6 is 23.2 Å². The van der Waals surface area contributed by atoms with E-state index in [4.69, 9.17) is 33.7 Å². The molecule has 1 aromatic rings. The largest absolute Gasteiger partial charge is 0.452 e. The molecule has 1 aromatic carbocycles. The first-order chi connectivity index (χ1) is 9.49. The van der Waals surface area contributed by atoms with Crippen molar-refractivity contribution in [3.63, 3.8) is 0 Å². The molecule has 20 heavy (non-hydrogen) atoms. The number of rotatable bonds is 3. The number of carbonyl (C=O) groups is 2. The molecule has 0 saturated carbocycles. The first-order valence-corrected chi connectivity index (χ1v) is 6.94. The predicted octanol–water partition coefficient (Wildman–Crippen LogP) is 2.35. The summed E-state index contributed by atoms with van der Waals surface area (Å²) in [7, 11) is 0. The van der Waals surface area contributed by atoms with Gasteiger partial charge in [-0.3, -0.25) is 4.79 Å². The van der Waals surface area contributed by atoms with Gasteiger partial charge in [0.05, 0.1) is 15.6 Å². The zero-order valence-corrected chi connectivity index (χ0v) is 12.2. The van der Waals surface area contributed by atoms with Gasteiger partial charge in [0.2, 0.25) is 0 Å². The molecular formula is C13H14Cl2N2O3. The van der Waals surface area contributed by atoms with Crippen LogP contribution in [0.4, 0.5) is 5.69 Å². The van der Waals surface area contributed by atoms with Crippen molar-refractivity contribution in [2.75, 3.05) is 25.4 Å². The summed E-state index contributed by atoms with van der Waals surface area (Å²) < 4.78 is 4.96. The van der Waals surface area contributed by atoms with E-state index in [1.807, 2.05) is 0 Å². The fraction of sp³-hybridized carbons (Fsp3) is 0.385. The van der Waals surface area contributed by atoms with Crippen molar-refractivity contribution in [2.45, 2.75) is 12.8 Å². The van der Waals surface area contributed by atoms with Crippen molar-refractivity contribution in [3.8, 4) is 0 Å². The maximum absolute atomic E-state index is 11.9. The second kappa shape index (κ2) is 6.33. The molecule has 0 radical (unpaired) electrons. The van der Waals surface area contributed by atoms with E-state index in [1.165, 1.54) is 12.1 Å². The van der Waals surface area contributed by atoms with E-state index in [-0.39, 0.29) is 28.1 Å². The maximum Gasteiger partial charge on any atom is 0.340 e. The van der Waals surface area contributed by atoms with Gasteiger partial charge in [-0.25, -0.2) is 4.79 Å². The maximum atomic E-state index is 11.9. The van der Waals surface area contributed by atoms with Crippen LogP contribution in [0.2, 0.25) is 10.0 Å². The highest BCUT2D eigenvalue weighted by atomic mass is 35.5. The summed E-state index contributed by atoms with van der Waals surface area (Å²) in [4.78, 5) is 25.3. The van der Waals surface area contributed by atoms with Crippen LogP contribution in [0.15, 0.2) is 12.1 Å². The highest BCUT2D eigenvalue weighted by Gasteiger charge is 2.21. The topological polar surface area (TPSA) is 72.6 Å². The van der Waals surface area contributed by atoms with Crippen molar-refractivity contribution in [1.82, 2.24) is 4.90 Å². The predicted molar refractivity (Wildman–Crippen MR) is 77.0 cm³/mol. The first-order valence-electron chi connectivity index (χ1n) is 6.18. The van der Waals surface area contributed by atoms with Crippen molar-refractivity contribution in [2.24, 2.45) is 0 Å². The third-order valence-corrected chi connectivity index (χ3v) is 3.86. The number of ether oxygens (including phenoxy) is 1. The highest BCUT2D eigenvalue weighted by molar-refractivity contribution is 6.44. The van der Waals surface area contributed by atoms with Gasteiger partial charge in [-0.05, 0) is 25.0 Å². The van der Waals surface area contributed by atoms with Crippen LogP contribution in [0.5, 0.6) is 0 Å². The van der Waals surface area contributed by atoms with Crippen LogP contribution in [-0.4, -0.2) is 36.5 Å². The molecule has 1 aliphatic rings. The summed E-state index contributed by atoms with van der Waals surface area (Å²) in [6.07, 6.45) is 1.96. The van der Waals surface area contributed by atoms with E-state index in [1.54, 1.807) is 4.90 Å². The molecule has 2 rings (SSSR count). The van der Waals surface area contributed by atoms with E-state index in [2.05, 4.69) is 0 Å². The van der Waals surface area contributed by atoms with Gasteiger partial charge in [-0.1, -0.05) is 23.2 Å². The van der Waals surface area contributed by atoms with Crippen LogP contribution in [0, 0.1) is 0 Å². The number of hydrogen-bond acceptors (Lipinski definition) is 4. The lowest BCUT2D eigenvalue weighted by molar-refractivity contribution is -0.133. The summed E-state index contributed by atoms with van der Waals surface area (Å²) in [5.41, 5.74) is 5.96. The van der Waals surface area contributed by atoms with Crippen molar-refractivity contribution in [1.29, 1.82) is 0 Å². The van der Waals surface area contributed by atoms with E-state index in [0.29, 0.717) is 18.8 Å². The van der Waals surface area contributed by atoms with E-state index < -0.39 is 5.97 Å². The quantitative estimate of drug-likeness (QED) is 0.686. The van der Waals surface area contributed by atoms with E-state index in [0.717, 1.165) is 12.8 Å². The SMILES string of the molecule is Nc1cc(Cl)c(Cl)c(C(=O)OCC(=O)N2CCCC2)c1. The van der Waals surface area contributed by atoms with Gasteiger partial charge < -0.3 is 15.4 Å². The molecule has 7 heteroatoms. The number of hydrogen-bond donors (Lipinski definition) is 1. The molecule has 1 fully saturated rings. The zero-order chi connectivity index (χ0) is 14.7. The molecule has 1 heterocycles. The standard InChI is InChI=1S/C13H14Cl2N2O3/c14-10-6-8(16)5-9(12(10)15)13(19)20-7-11(18)17-3-1-2-4-17/h5-6H,1-4,7,16H2. The summed E-state index contributed by atoms with van der Waals surface area (Å²) in [6.45, 7) is 1.12. The van der Waals surface area contributed by atoms with Crippen LogP contribution in [0.3, 0.4) is 0 Å². The lowest BCUT2D eigenvalue weighted by Gasteiger charge is -2.15. The first kappa shape index (κ1) is 14.9. The molecule has 0 aliphatic carbocycles. The number of halogens is 2. The molecule has 108 valence electrons. The van der Waals surface area contributed by atoms with Gasteiger partial charge in [0.15, 0.2) is 6.61 Å². The Morgan fingerprint density at radius 2 is 1.90 bits per heavy atom. The number of anilines is 1. The van der Waals surface area contributed by atoms with Crippen LogP contribution < -0.4 is 5.73 Å². The lowest BCUT2D eigenvalue weighted by atomic mass is 10.2. The summed E-state index contributed by atoms with van der Waals surface area (Å²) >= 11 is 11.8. The third-order valence-electron chi connectivity index (χ3n) is 3.06. The van der Waals surface area contributed by atoms with E-state index >= 15 is 0 Å².